The predicted octanol–water partition coefficient (Wildman–Crippen LogP) is 2.55. The minimum Gasteiger partial charge on any atom is -0.379 e. The number of nitrogens with zero attached hydrogens (tertiary/aromatic N) is 1. The van der Waals surface area contributed by atoms with Crippen molar-refractivity contribution in [3.05, 3.63) is 35.9 Å². The zero-order valence-electron chi connectivity index (χ0n) is 15.4. The number of hydrogen-bond acceptors (Lipinski definition) is 4. The minimum absolute atomic E-state index is 0.292. The number of urea groups is 1. The number of carbonyl (C=O) groups is 1. The summed E-state index contributed by atoms with van der Waals surface area (Å²) < 4.78 is 5.46. The van der Waals surface area contributed by atoms with Gasteiger partial charge in [0.1, 0.15) is 0 Å². The molecule has 0 saturated carbocycles. The van der Waals surface area contributed by atoms with Crippen molar-refractivity contribution in [2.24, 2.45) is 5.92 Å². The standard InChI is InChI=1S/C19H31N3O3/c1-3-17(4-2)18(22-10-12-24-13-11-22)14-20-19(23)21-25-15-16-8-6-5-7-9-16/h5-9,17-18H,3-4,10-15H2,1-2H3,(H2,20,21,23). The second kappa shape index (κ2) is 11.1. The molecule has 1 fully saturated rings. The molecule has 1 aromatic carbocycles. The summed E-state index contributed by atoms with van der Waals surface area (Å²) in [4.78, 5) is 19.7. The molecule has 1 aromatic rings. The lowest BCUT2D eigenvalue weighted by Gasteiger charge is -2.38. The van der Waals surface area contributed by atoms with E-state index in [9.17, 15) is 4.79 Å². The van der Waals surface area contributed by atoms with Gasteiger partial charge in [0.2, 0.25) is 0 Å². The van der Waals surface area contributed by atoms with Crippen LogP contribution in [0, 0.1) is 5.92 Å². The number of amides is 2. The molecule has 1 aliphatic rings. The highest BCUT2D eigenvalue weighted by atomic mass is 16.7. The first kappa shape index (κ1) is 19.7. The second-order valence-corrected chi connectivity index (χ2v) is 6.38. The van der Waals surface area contributed by atoms with Crippen LogP contribution in [-0.4, -0.2) is 49.8 Å². The second-order valence-electron chi connectivity index (χ2n) is 6.38. The van der Waals surface area contributed by atoms with Crippen LogP contribution in [0.5, 0.6) is 0 Å². The first-order valence-corrected chi connectivity index (χ1v) is 9.26. The number of nitrogens with one attached hydrogen (secondary N) is 2. The van der Waals surface area contributed by atoms with Crippen molar-refractivity contribution < 1.29 is 14.4 Å². The Kier molecular flexibility index (Phi) is 8.72. The van der Waals surface area contributed by atoms with Gasteiger partial charge in [0, 0.05) is 25.7 Å². The maximum absolute atomic E-state index is 12.0. The van der Waals surface area contributed by atoms with Crippen LogP contribution in [0.1, 0.15) is 32.3 Å². The molecule has 1 atom stereocenters. The minimum atomic E-state index is -0.292. The highest BCUT2D eigenvalue weighted by Gasteiger charge is 2.27. The number of morpholine rings is 1. The van der Waals surface area contributed by atoms with Crippen molar-refractivity contribution in [3.8, 4) is 0 Å². The number of ether oxygens (including phenoxy) is 1. The van der Waals surface area contributed by atoms with E-state index in [0.717, 1.165) is 44.7 Å². The normalized spacial score (nSPS) is 16.6. The van der Waals surface area contributed by atoms with Gasteiger partial charge >= 0.3 is 6.03 Å². The van der Waals surface area contributed by atoms with Gasteiger partial charge in [-0.05, 0) is 11.5 Å². The number of rotatable bonds is 9. The van der Waals surface area contributed by atoms with E-state index in [1.807, 2.05) is 30.3 Å². The Morgan fingerprint density at radius 1 is 1.20 bits per heavy atom. The summed E-state index contributed by atoms with van der Waals surface area (Å²) in [5.41, 5.74) is 3.49. The van der Waals surface area contributed by atoms with E-state index in [1.165, 1.54) is 0 Å². The fourth-order valence-corrected chi connectivity index (χ4v) is 3.33. The summed E-state index contributed by atoms with van der Waals surface area (Å²) in [5, 5.41) is 2.96. The van der Waals surface area contributed by atoms with Gasteiger partial charge in [-0.1, -0.05) is 57.0 Å². The summed E-state index contributed by atoms with van der Waals surface area (Å²) in [6.07, 6.45) is 2.21. The van der Waals surface area contributed by atoms with Gasteiger partial charge in [0.15, 0.2) is 0 Å². The van der Waals surface area contributed by atoms with Crippen molar-refractivity contribution in [1.82, 2.24) is 15.7 Å². The molecule has 1 unspecified atom stereocenters. The SMILES string of the molecule is CCC(CC)C(CNC(=O)NOCc1ccccc1)N1CCOCC1. The van der Waals surface area contributed by atoms with Gasteiger partial charge in [-0.2, -0.15) is 0 Å². The van der Waals surface area contributed by atoms with E-state index in [0.29, 0.717) is 25.1 Å². The zero-order chi connectivity index (χ0) is 17.9. The van der Waals surface area contributed by atoms with Crippen LogP contribution in [0.3, 0.4) is 0 Å². The van der Waals surface area contributed by atoms with Crippen molar-refractivity contribution >= 4 is 6.03 Å². The first-order chi connectivity index (χ1) is 12.2. The molecule has 0 aromatic heterocycles. The molecular formula is C19H31N3O3. The van der Waals surface area contributed by atoms with Crippen molar-refractivity contribution in [2.75, 3.05) is 32.8 Å². The van der Waals surface area contributed by atoms with Gasteiger partial charge in [-0.15, -0.1) is 0 Å². The maximum Gasteiger partial charge on any atom is 0.338 e. The van der Waals surface area contributed by atoms with Crippen LogP contribution in [0.25, 0.3) is 0 Å². The summed E-state index contributed by atoms with van der Waals surface area (Å²) in [7, 11) is 0. The molecule has 25 heavy (non-hydrogen) atoms. The predicted molar refractivity (Wildman–Crippen MR) is 98.0 cm³/mol. The van der Waals surface area contributed by atoms with Crippen LogP contribution in [0.15, 0.2) is 30.3 Å². The van der Waals surface area contributed by atoms with Gasteiger partial charge in [0.05, 0.1) is 19.8 Å². The topological polar surface area (TPSA) is 62.8 Å². The third-order valence-electron chi connectivity index (χ3n) is 4.83. The number of benzene rings is 1. The van der Waals surface area contributed by atoms with Gasteiger partial charge in [0.25, 0.3) is 0 Å². The Morgan fingerprint density at radius 2 is 1.88 bits per heavy atom. The highest BCUT2D eigenvalue weighted by Crippen LogP contribution is 2.19. The summed E-state index contributed by atoms with van der Waals surface area (Å²) in [5.74, 6) is 0.559. The van der Waals surface area contributed by atoms with Crippen molar-refractivity contribution in [1.29, 1.82) is 0 Å². The van der Waals surface area contributed by atoms with Gasteiger partial charge in [-0.3, -0.25) is 9.74 Å². The Labute approximate surface area is 150 Å². The molecule has 2 N–H and O–H groups in total. The molecule has 0 aliphatic carbocycles. The first-order valence-electron chi connectivity index (χ1n) is 9.26. The number of hydrogen-bond donors (Lipinski definition) is 2. The third kappa shape index (κ3) is 6.65. The summed E-state index contributed by atoms with van der Waals surface area (Å²) in [6.45, 7) is 8.78. The molecule has 2 amide bonds. The molecule has 1 heterocycles. The Morgan fingerprint density at radius 3 is 2.52 bits per heavy atom. The molecule has 0 spiro atoms. The van der Waals surface area contributed by atoms with E-state index in [1.54, 1.807) is 0 Å². The fraction of sp³-hybridized carbons (Fsp3) is 0.632. The van der Waals surface area contributed by atoms with Crippen LogP contribution in [0.2, 0.25) is 0 Å². The van der Waals surface area contributed by atoms with E-state index >= 15 is 0 Å². The van der Waals surface area contributed by atoms with Gasteiger partial charge in [-0.25, -0.2) is 10.3 Å². The Balaban J connectivity index is 1.77. The Bertz CT molecular complexity index is 488. The fourth-order valence-electron chi connectivity index (χ4n) is 3.33. The lowest BCUT2D eigenvalue weighted by Crippen LogP contribution is -2.53. The van der Waals surface area contributed by atoms with Crippen LogP contribution in [-0.2, 0) is 16.2 Å². The quantitative estimate of drug-likeness (QED) is 0.673. The molecular weight excluding hydrogens is 318 g/mol. The van der Waals surface area contributed by atoms with Crippen LogP contribution in [0.4, 0.5) is 4.79 Å². The zero-order valence-corrected chi connectivity index (χ0v) is 15.4. The van der Waals surface area contributed by atoms with Gasteiger partial charge < -0.3 is 10.1 Å². The van der Waals surface area contributed by atoms with E-state index in [-0.39, 0.29) is 6.03 Å². The molecule has 140 valence electrons. The largest absolute Gasteiger partial charge is 0.379 e. The lowest BCUT2D eigenvalue weighted by molar-refractivity contribution is 0.00132. The summed E-state index contributed by atoms with van der Waals surface area (Å²) in [6, 6.07) is 9.80. The van der Waals surface area contributed by atoms with Crippen LogP contribution < -0.4 is 10.8 Å². The Hall–Kier alpha value is -1.63. The molecule has 1 saturated heterocycles. The number of carbonyl (C=O) groups excluding carboxylic acids is 1. The highest BCUT2D eigenvalue weighted by molar-refractivity contribution is 5.72. The maximum atomic E-state index is 12.0. The van der Waals surface area contributed by atoms with E-state index in [4.69, 9.17) is 9.57 Å². The third-order valence-corrected chi connectivity index (χ3v) is 4.83. The van der Waals surface area contributed by atoms with E-state index < -0.39 is 0 Å². The molecule has 0 bridgehead atoms. The number of hydroxylamine groups is 1. The average molecular weight is 349 g/mol. The molecule has 1 aliphatic heterocycles. The monoisotopic (exact) mass is 349 g/mol. The van der Waals surface area contributed by atoms with E-state index in [2.05, 4.69) is 29.5 Å². The lowest BCUT2D eigenvalue weighted by atomic mass is 9.92. The molecule has 2 rings (SSSR count). The van der Waals surface area contributed by atoms with Crippen molar-refractivity contribution in [2.45, 2.75) is 39.3 Å². The van der Waals surface area contributed by atoms with Crippen molar-refractivity contribution in [3.63, 3.8) is 0 Å². The summed E-state index contributed by atoms with van der Waals surface area (Å²) >= 11 is 0. The molecule has 0 radical (unpaired) electrons. The molecule has 6 nitrogen and oxygen atoms in total. The van der Waals surface area contributed by atoms with Crippen LogP contribution >= 0.6 is 0 Å². The smallest absolute Gasteiger partial charge is 0.338 e. The average Bonchev–Trinajstić information content (AvgIpc) is 2.66. The molecule has 6 heteroatoms.